The van der Waals surface area contributed by atoms with Gasteiger partial charge in [0.15, 0.2) is 0 Å². The molecule has 4 rings (SSSR count). The fourth-order valence-electron chi connectivity index (χ4n) is 5.66. The normalized spacial score (nSPS) is 33.1. The first-order valence-corrected chi connectivity index (χ1v) is 10.9. The van der Waals surface area contributed by atoms with E-state index in [1.54, 1.807) is 0 Å². The van der Waals surface area contributed by atoms with Gasteiger partial charge < -0.3 is 4.84 Å². The third kappa shape index (κ3) is 3.95. The van der Waals surface area contributed by atoms with Gasteiger partial charge in [-0.1, -0.05) is 29.6 Å². The molecule has 5 unspecified atom stereocenters. The number of nitriles is 1. The first-order chi connectivity index (χ1) is 15.0. The van der Waals surface area contributed by atoms with Crippen LogP contribution in [0.5, 0.6) is 0 Å². The molecule has 32 heavy (non-hydrogen) atoms. The zero-order chi connectivity index (χ0) is 23.3. The minimum Gasteiger partial charge on any atom is -0.374 e. The van der Waals surface area contributed by atoms with Gasteiger partial charge >= 0.3 is 12.4 Å². The lowest BCUT2D eigenvalue weighted by Gasteiger charge is -2.43. The van der Waals surface area contributed by atoms with E-state index in [4.69, 9.17) is 16.4 Å². The second-order valence-corrected chi connectivity index (χ2v) is 9.37. The third-order valence-electron chi connectivity index (χ3n) is 7.19. The second-order valence-electron chi connectivity index (χ2n) is 8.93. The highest BCUT2D eigenvalue weighted by Gasteiger charge is 2.63. The van der Waals surface area contributed by atoms with Crippen molar-refractivity contribution in [2.75, 3.05) is 0 Å². The first-order valence-electron chi connectivity index (χ1n) is 10.6. The molecule has 174 valence electrons. The maximum atomic E-state index is 14.3. The molecule has 0 bridgehead atoms. The van der Waals surface area contributed by atoms with Crippen LogP contribution in [0, 0.1) is 35.0 Å². The molecule has 1 aromatic rings. The standard InChI is InChI=1S/C22H21ClF6N2O/c23-15-8-13(7-14(9-15)21(24,25)26)20(22(27,28)29)10-19(31-32-20)18-6-5-12(11-30)16-3-1-2-4-17(16)18/h7-9,12,16-18H,1-6,10H2. The lowest BCUT2D eigenvalue weighted by Crippen LogP contribution is -2.45. The summed E-state index contributed by atoms with van der Waals surface area (Å²) in [6.07, 6.45) is -5.93. The Hall–Kier alpha value is -1.95. The van der Waals surface area contributed by atoms with Crippen LogP contribution in [0.1, 0.15) is 56.1 Å². The molecule has 3 aliphatic rings. The van der Waals surface area contributed by atoms with E-state index >= 15 is 0 Å². The monoisotopic (exact) mass is 478 g/mol. The lowest BCUT2D eigenvalue weighted by atomic mass is 9.59. The van der Waals surface area contributed by atoms with Gasteiger partial charge in [0.25, 0.3) is 5.60 Å². The minimum absolute atomic E-state index is 0.0265. The highest BCUT2D eigenvalue weighted by Crippen LogP contribution is 2.54. The number of hydrogen-bond donors (Lipinski definition) is 0. The van der Waals surface area contributed by atoms with Gasteiger partial charge in [-0.3, -0.25) is 0 Å². The van der Waals surface area contributed by atoms with Crippen molar-refractivity contribution < 1.29 is 31.2 Å². The van der Waals surface area contributed by atoms with E-state index in [2.05, 4.69) is 11.2 Å². The number of rotatable bonds is 2. The molecule has 2 saturated carbocycles. The number of oxime groups is 1. The van der Waals surface area contributed by atoms with Gasteiger partial charge in [0.2, 0.25) is 0 Å². The van der Waals surface area contributed by atoms with Crippen molar-refractivity contribution in [3.05, 3.63) is 34.3 Å². The fraction of sp³-hybridized carbons (Fsp3) is 0.636. The Morgan fingerprint density at radius 3 is 2.31 bits per heavy atom. The van der Waals surface area contributed by atoms with Crippen LogP contribution < -0.4 is 0 Å². The van der Waals surface area contributed by atoms with Crippen molar-refractivity contribution in [2.24, 2.45) is 28.8 Å². The molecule has 0 amide bonds. The lowest BCUT2D eigenvalue weighted by molar-refractivity contribution is -0.276. The Balaban J connectivity index is 1.68. The van der Waals surface area contributed by atoms with Crippen LogP contribution in [0.25, 0.3) is 0 Å². The number of hydrogen-bond acceptors (Lipinski definition) is 3. The van der Waals surface area contributed by atoms with Gasteiger partial charge in [-0.25, -0.2) is 0 Å². The number of alkyl halides is 6. The van der Waals surface area contributed by atoms with E-state index < -0.39 is 40.5 Å². The Bertz CT molecular complexity index is 953. The molecule has 0 radical (unpaired) electrons. The van der Waals surface area contributed by atoms with E-state index in [9.17, 15) is 31.6 Å². The van der Waals surface area contributed by atoms with Gasteiger partial charge in [0.05, 0.1) is 17.3 Å². The Labute approximate surface area is 186 Å². The summed E-state index contributed by atoms with van der Waals surface area (Å²) in [4.78, 5) is 4.98. The zero-order valence-corrected chi connectivity index (χ0v) is 17.7. The average molecular weight is 479 g/mol. The zero-order valence-electron chi connectivity index (χ0n) is 16.9. The topological polar surface area (TPSA) is 45.4 Å². The van der Waals surface area contributed by atoms with Gasteiger partial charge in [-0.15, -0.1) is 0 Å². The van der Waals surface area contributed by atoms with Crippen LogP contribution in [0.2, 0.25) is 5.02 Å². The predicted molar refractivity (Wildman–Crippen MR) is 105 cm³/mol. The molecule has 2 aliphatic carbocycles. The van der Waals surface area contributed by atoms with E-state index in [0.29, 0.717) is 25.0 Å². The first kappa shape index (κ1) is 23.2. The van der Waals surface area contributed by atoms with Crippen LogP contribution in [0.4, 0.5) is 26.3 Å². The summed E-state index contributed by atoms with van der Waals surface area (Å²) in [7, 11) is 0. The smallest absolute Gasteiger partial charge is 0.374 e. The number of halogens is 7. The van der Waals surface area contributed by atoms with Crippen molar-refractivity contribution in [2.45, 2.75) is 62.9 Å². The molecule has 2 fully saturated rings. The van der Waals surface area contributed by atoms with Crippen molar-refractivity contribution >= 4 is 17.3 Å². The van der Waals surface area contributed by atoms with Gasteiger partial charge in [-0.05, 0) is 55.7 Å². The number of fused-ring (bicyclic) bond motifs is 1. The maximum Gasteiger partial charge on any atom is 0.435 e. The van der Waals surface area contributed by atoms with Crippen molar-refractivity contribution in [3.8, 4) is 6.07 Å². The van der Waals surface area contributed by atoms with Crippen molar-refractivity contribution in [1.82, 2.24) is 0 Å². The van der Waals surface area contributed by atoms with Gasteiger partial charge in [0.1, 0.15) is 0 Å². The summed E-state index contributed by atoms with van der Waals surface area (Å²) in [6.45, 7) is 0. The number of benzene rings is 1. The summed E-state index contributed by atoms with van der Waals surface area (Å²) >= 11 is 5.76. The largest absolute Gasteiger partial charge is 0.435 e. The van der Waals surface area contributed by atoms with E-state index in [1.165, 1.54) is 0 Å². The highest BCUT2D eigenvalue weighted by atomic mass is 35.5. The molecule has 0 spiro atoms. The molecule has 3 nitrogen and oxygen atoms in total. The van der Waals surface area contributed by atoms with E-state index in [-0.39, 0.29) is 29.4 Å². The molecular weight excluding hydrogens is 458 g/mol. The molecule has 10 heteroatoms. The SMILES string of the molecule is N#CC1CCC(C2=NOC(c3cc(Cl)cc(C(F)(F)F)c3)(C(F)(F)F)C2)C2CCCCC12. The van der Waals surface area contributed by atoms with Crippen LogP contribution in [0.15, 0.2) is 23.4 Å². The fourth-order valence-corrected chi connectivity index (χ4v) is 5.90. The second kappa shape index (κ2) is 8.12. The minimum atomic E-state index is -5.01. The van der Waals surface area contributed by atoms with Crippen LogP contribution in [-0.2, 0) is 16.6 Å². The van der Waals surface area contributed by atoms with Crippen LogP contribution in [0.3, 0.4) is 0 Å². The molecule has 1 aromatic carbocycles. The van der Waals surface area contributed by atoms with Crippen molar-refractivity contribution in [3.63, 3.8) is 0 Å². The summed E-state index contributed by atoms with van der Waals surface area (Å²) in [6, 6.07) is 4.22. The summed E-state index contributed by atoms with van der Waals surface area (Å²) in [5.74, 6) is -0.290. The van der Waals surface area contributed by atoms with Gasteiger partial charge in [-0.2, -0.15) is 31.6 Å². The molecule has 0 aromatic heterocycles. The average Bonchev–Trinajstić information content (AvgIpc) is 3.18. The third-order valence-corrected chi connectivity index (χ3v) is 7.41. The molecule has 5 atom stereocenters. The van der Waals surface area contributed by atoms with Crippen LogP contribution in [-0.4, -0.2) is 11.9 Å². The van der Waals surface area contributed by atoms with E-state index in [0.717, 1.165) is 31.7 Å². The van der Waals surface area contributed by atoms with Crippen molar-refractivity contribution in [1.29, 1.82) is 5.26 Å². The summed E-state index contributed by atoms with van der Waals surface area (Å²) in [5, 5.41) is 12.8. The Morgan fingerprint density at radius 2 is 1.69 bits per heavy atom. The molecule has 0 saturated heterocycles. The molecule has 0 N–H and O–H groups in total. The number of nitrogens with zero attached hydrogens (tertiary/aromatic N) is 2. The Morgan fingerprint density at radius 1 is 1.00 bits per heavy atom. The molecule has 1 aliphatic heterocycles. The van der Waals surface area contributed by atoms with Gasteiger partial charge in [0, 0.05) is 28.8 Å². The van der Waals surface area contributed by atoms with Crippen LogP contribution >= 0.6 is 11.6 Å². The van der Waals surface area contributed by atoms with E-state index in [1.807, 2.05) is 0 Å². The summed E-state index contributed by atoms with van der Waals surface area (Å²) < 4.78 is 82.6. The molecule has 1 heterocycles. The predicted octanol–water partition coefficient (Wildman–Crippen LogP) is 7.25. The highest BCUT2D eigenvalue weighted by molar-refractivity contribution is 6.30. The Kier molecular flexibility index (Phi) is 5.89. The quantitative estimate of drug-likeness (QED) is 0.420. The maximum absolute atomic E-state index is 14.3. The summed E-state index contributed by atoms with van der Waals surface area (Å²) in [5.41, 5.74) is -4.80. The molecular formula is C22H21ClF6N2O.